The zero-order valence-corrected chi connectivity index (χ0v) is 15.1. The molecule has 0 unspecified atom stereocenters. The number of ketones is 1. The Bertz CT molecular complexity index is 986. The van der Waals surface area contributed by atoms with Gasteiger partial charge in [-0.05, 0) is 42.0 Å². The van der Waals surface area contributed by atoms with Gasteiger partial charge < -0.3 is 19.9 Å². The maximum atomic E-state index is 13.8. The quantitative estimate of drug-likeness (QED) is 0.469. The molecule has 0 spiro atoms. The number of benzene rings is 2. The van der Waals surface area contributed by atoms with Crippen LogP contribution in [0.5, 0.6) is 0 Å². The van der Waals surface area contributed by atoms with Crippen molar-refractivity contribution >= 4 is 35.0 Å². The molecule has 2 aromatic rings. The van der Waals surface area contributed by atoms with Gasteiger partial charge in [-0.15, -0.1) is 0 Å². The Hall–Kier alpha value is -3.19. The number of carboxylic acids is 1. The fourth-order valence-corrected chi connectivity index (χ4v) is 3.23. The number of carbonyl (C=O) groups excluding carboxylic acids is 3. The van der Waals surface area contributed by atoms with Crippen molar-refractivity contribution in [2.45, 2.75) is 12.5 Å². The summed E-state index contributed by atoms with van der Waals surface area (Å²) < 4.78 is 13.8. The van der Waals surface area contributed by atoms with Crippen molar-refractivity contribution in [1.29, 1.82) is 0 Å². The first-order valence-electron chi connectivity index (χ1n) is 8.29. The van der Waals surface area contributed by atoms with Crippen LogP contribution in [-0.2, 0) is 14.4 Å². The number of aliphatic hydroxyl groups excluding tert-OH is 1. The molecular weight excluding hydrogens is 389 g/mol. The number of carbonyl (C=O) groups is 3. The number of hydrogen-bond donors (Lipinski definition) is 1. The Balaban J connectivity index is 2.16. The summed E-state index contributed by atoms with van der Waals surface area (Å²) in [6, 6.07) is 10.00. The number of halogens is 2. The standard InChI is InChI=1S/C20H15ClFNO5/c21-13-6-4-11(5-7-13)18(26)16-17(12-2-1-3-14(22)10-12)23(9-8-15(24)25)20(28)19(16)27/h1-7,10,17,26H,8-9H2,(H,24,25)/p-1/t17-/m0/s1. The number of Topliss-reactive ketones (excluding diaryl/α,β-unsaturated/α-hetero) is 1. The predicted octanol–water partition coefficient (Wildman–Crippen LogP) is 2.04. The molecule has 28 heavy (non-hydrogen) atoms. The molecule has 1 N–H and O–H groups in total. The van der Waals surface area contributed by atoms with Crippen LogP contribution in [0.4, 0.5) is 4.39 Å². The van der Waals surface area contributed by atoms with Crippen LogP contribution in [0.25, 0.3) is 5.76 Å². The highest BCUT2D eigenvalue weighted by molar-refractivity contribution is 6.46. The van der Waals surface area contributed by atoms with Gasteiger partial charge in [-0.1, -0.05) is 23.7 Å². The van der Waals surface area contributed by atoms with E-state index in [1.807, 2.05) is 0 Å². The van der Waals surface area contributed by atoms with Crippen LogP contribution in [0.1, 0.15) is 23.6 Å². The smallest absolute Gasteiger partial charge is 0.295 e. The Kier molecular flexibility index (Phi) is 5.46. The van der Waals surface area contributed by atoms with Gasteiger partial charge in [0.2, 0.25) is 0 Å². The van der Waals surface area contributed by atoms with Crippen LogP contribution >= 0.6 is 11.6 Å². The molecule has 144 valence electrons. The molecule has 1 atom stereocenters. The zero-order chi connectivity index (χ0) is 20.4. The second-order valence-corrected chi connectivity index (χ2v) is 6.61. The Morgan fingerprint density at radius 1 is 1.18 bits per heavy atom. The molecule has 0 saturated carbocycles. The molecule has 0 bridgehead atoms. The lowest BCUT2D eigenvalue weighted by Crippen LogP contribution is -2.34. The van der Waals surface area contributed by atoms with Gasteiger partial charge in [-0.3, -0.25) is 9.59 Å². The van der Waals surface area contributed by atoms with Crippen molar-refractivity contribution in [2.75, 3.05) is 6.54 Å². The van der Waals surface area contributed by atoms with Crippen molar-refractivity contribution in [3.63, 3.8) is 0 Å². The molecule has 1 amide bonds. The number of amides is 1. The van der Waals surface area contributed by atoms with Gasteiger partial charge in [-0.25, -0.2) is 4.39 Å². The number of nitrogens with zero attached hydrogens (tertiary/aromatic N) is 1. The van der Waals surface area contributed by atoms with Gasteiger partial charge in [0, 0.05) is 29.5 Å². The maximum Gasteiger partial charge on any atom is 0.295 e. The summed E-state index contributed by atoms with van der Waals surface area (Å²) in [6.07, 6.45) is -0.514. The van der Waals surface area contributed by atoms with E-state index in [-0.39, 0.29) is 23.2 Å². The fraction of sp³-hybridized carbons (Fsp3) is 0.150. The summed E-state index contributed by atoms with van der Waals surface area (Å²) in [4.78, 5) is 36.9. The second kappa shape index (κ2) is 7.82. The lowest BCUT2D eigenvalue weighted by atomic mass is 9.95. The average Bonchev–Trinajstić information content (AvgIpc) is 2.91. The fourth-order valence-electron chi connectivity index (χ4n) is 3.11. The summed E-state index contributed by atoms with van der Waals surface area (Å²) in [5.41, 5.74) is 0.216. The third-order valence-corrected chi connectivity index (χ3v) is 4.63. The number of likely N-dealkylation sites (tertiary alicyclic amines) is 1. The molecular formula is C20H14ClFNO5-. The van der Waals surface area contributed by atoms with Gasteiger partial charge in [0.15, 0.2) is 0 Å². The first-order valence-corrected chi connectivity index (χ1v) is 8.67. The minimum absolute atomic E-state index is 0.230. The van der Waals surface area contributed by atoms with E-state index in [1.54, 1.807) is 0 Å². The minimum atomic E-state index is -1.41. The SMILES string of the molecule is O=C([O-])CCN1C(=O)C(=O)C(=C(O)c2ccc(Cl)cc2)[C@@H]1c1cccc(F)c1. The van der Waals surface area contributed by atoms with Crippen molar-refractivity contribution in [3.8, 4) is 0 Å². The summed E-state index contributed by atoms with van der Waals surface area (Å²) in [6.45, 7) is -0.328. The van der Waals surface area contributed by atoms with Crippen LogP contribution in [-0.4, -0.2) is 34.2 Å². The molecule has 0 radical (unpaired) electrons. The normalized spacial score (nSPS) is 18.5. The zero-order valence-electron chi connectivity index (χ0n) is 14.4. The van der Waals surface area contributed by atoms with Crippen LogP contribution in [0.3, 0.4) is 0 Å². The van der Waals surface area contributed by atoms with Gasteiger partial charge in [-0.2, -0.15) is 0 Å². The first kappa shape index (κ1) is 19.6. The number of hydrogen-bond acceptors (Lipinski definition) is 5. The van der Waals surface area contributed by atoms with Crippen molar-refractivity contribution in [2.24, 2.45) is 0 Å². The van der Waals surface area contributed by atoms with E-state index in [1.165, 1.54) is 42.5 Å². The Morgan fingerprint density at radius 3 is 2.46 bits per heavy atom. The van der Waals surface area contributed by atoms with Gasteiger partial charge in [0.05, 0.1) is 11.6 Å². The molecule has 0 aliphatic carbocycles. The highest BCUT2D eigenvalue weighted by Crippen LogP contribution is 2.39. The molecule has 1 aliphatic heterocycles. The molecule has 0 aromatic heterocycles. The van der Waals surface area contributed by atoms with Gasteiger partial charge >= 0.3 is 0 Å². The summed E-state index contributed by atoms with van der Waals surface area (Å²) in [5, 5.41) is 22.0. The highest BCUT2D eigenvalue weighted by atomic mass is 35.5. The van der Waals surface area contributed by atoms with Crippen LogP contribution in [0.2, 0.25) is 5.02 Å². The molecule has 1 aliphatic rings. The van der Waals surface area contributed by atoms with Crippen LogP contribution < -0.4 is 5.11 Å². The molecule has 8 heteroatoms. The third-order valence-electron chi connectivity index (χ3n) is 4.38. The lowest BCUT2D eigenvalue weighted by molar-refractivity contribution is -0.305. The number of carboxylic acid groups (broad SMARTS) is 1. The van der Waals surface area contributed by atoms with Crippen molar-refractivity contribution < 1.29 is 29.0 Å². The van der Waals surface area contributed by atoms with Gasteiger partial charge in [0.25, 0.3) is 11.7 Å². The number of rotatable bonds is 5. The first-order chi connectivity index (χ1) is 13.3. The van der Waals surface area contributed by atoms with Crippen LogP contribution in [0, 0.1) is 5.82 Å². The van der Waals surface area contributed by atoms with Crippen molar-refractivity contribution in [1.82, 2.24) is 4.90 Å². The van der Waals surface area contributed by atoms with E-state index < -0.39 is 41.7 Å². The topological polar surface area (TPSA) is 97.7 Å². The predicted molar refractivity (Wildman–Crippen MR) is 96.5 cm³/mol. The third kappa shape index (κ3) is 3.75. The van der Waals surface area contributed by atoms with E-state index in [0.29, 0.717) is 5.02 Å². The van der Waals surface area contributed by atoms with Gasteiger partial charge in [0.1, 0.15) is 11.6 Å². The minimum Gasteiger partial charge on any atom is -0.550 e. The summed E-state index contributed by atoms with van der Waals surface area (Å²) >= 11 is 5.83. The summed E-state index contributed by atoms with van der Waals surface area (Å²) in [5.74, 6) is -4.43. The molecule has 6 nitrogen and oxygen atoms in total. The molecule has 1 fully saturated rings. The molecule has 1 heterocycles. The number of aliphatic carboxylic acids is 1. The maximum absolute atomic E-state index is 13.8. The Labute approximate surface area is 164 Å². The summed E-state index contributed by atoms with van der Waals surface area (Å²) in [7, 11) is 0. The molecule has 1 saturated heterocycles. The van der Waals surface area contributed by atoms with E-state index in [4.69, 9.17) is 11.6 Å². The Morgan fingerprint density at radius 2 is 1.86 bits per heavy atom. The number of aliphatic hydroxyl groups is 1. The highest BCUT2D eigenvalue weighted by Gasteiger charge is 2.45. The van der Waals surface area contributed by atoms with E-state index in [2.05, 4.69) is 0 Å². The second-order valence-electron chi connectivity index (χ2n) is 6.18. The van der Waals surface area contributed by atoms with Crippen LogP contribution in [0.15, 0.2) is 54.1 Å². The molecule has 2 aromatic carbocycles. The van der Waals surface area contributed by atoms with E-state index in [9.17, 15) is 29.0 Å². The lowest BCUT2D eigenvalue weighted by Gasteiger charge is -2.25. The largest absolute Gasteiger partial charge is 0.550 e. The average molecular weight is 403 g/mol. The van der Waals surface area contributed by atoms with E-state index in [0.717, 1.165) is 11.0 Å². The van der Waals surface area contributed by atoms with E-state index >= 15 is 0 Å². The monoisotopic (exact) mass is 402 g/mol. The molecule has 3 rings (SSSR count). The van der Waals surface area contributed by atoms with Crippen molar-refractivity contribution in [3.05, 3.63) is 76.1 Å².